The van der Waals surface area contributed by atoms with Crippen LogP contribution in [0.2, 0.25) is 0 Å². The molecule has 0 aliphatic heterocycles. The second-order valence-electron chi connectivity index (χ2n) is 4.71. The number of hydrogen-bond donors (Lipinski definition) is 0. The molecule has 0 saturated carbocycles. The fourth-order valence-electron chi connectivity index (χ4n) is 2.32. The van der Waals surface area contributed by atoms with Gasteiger partial charge in [-0.1, -0.05) is 36.4 Å². The van der Waals surface area contributed by atoms with Crippen LogP contribution in [0, 0.1) is 5.82 Å². The maximum absolute atomic E-state index is 13.0. The van der Waals surface area contributed by atoms with Crippen LogP contribution in [0.5, 0.6) is 0 Å². The summed E-state index contributed by atoms with van der Waals surface area (Å²) in [7, 11) is 0. The van der Waals surface area contributed by atoms with E-state index in [4.69, 9.17) is 0 Å². The minimum atomic E-state index is -0.204. The van der Waals surface area contributed by atoms with Crippen molar-refractivity contribution in [1.82, 2.24) is 9.55 Å². The van der Waals surface area contributed by atoms with Gasteiger partial charge in [-0.05, 0) is 35.2 Å². The van der Waals surface area contributed by atoms with Crippen molar-refractivity contribution in [1.29, 1.82) is 0 Å². The zero-order chi connectivity index (χ0) is 13.8. The lowest BCUT2D eigenvalue weighted by atomic mass is 9.98. The molecular weight excluding hydrogens is 251 g/mol. The zero-order valence-corrected chi connectivity index (χ0v) is 11.0. The monoisotopic (exact) mass is 266 g/mol. The van der Waals surface area contributed by atoms with Crippen molar-refractivity contribution < 1.29 is 4.39 Å². The predicted octanol–water partition coefficient (Wildman–Crippen LogP) is 3.93. The van der Waals surface area contributed by atoms with Gasteiger partial charge in [0.05, 0.1) is 6.33 Å². The van der Waals surface area contributed by atoms with E-state index in [-0.39, 0.29) is 5.82 Å². The molecule has 0 aliphatic carbocycles. The molecular formula is C17H15FN2. The Labute approximate surface area is 117 Å². The van der Waals surface area contributed by atoms with Gasteiger partial charge in [-0.25, -0.2) is 9.37 Å². The van der Waals surface area contributed by atoms with Crippen LogP contribution in [0.15, 0.2) is 67.3 Å². The van der Waals surface area contributed by atoms with Crippen LogP contribution < -0.4 is 0 Å². The van der Waals surface area contributed by atoms with E-state index in [9.17, 15) is 4.39 Å². The maximum atomic E-state index is 13.0. The molecule has 3 aromatic rings. The Balaban J connectivity index is 1.86. The largest absolute Gasteiger partial charge is 0.337 e. The molecule has 20 heavy (non-hydrogen) atoms. The molecule has 100 valence electrons. The van der Waals surface area contributed by atoms with E-state index in [1.807, 2.05) is 36.8 Å². The van der Waals surface area contributed by atoms with Crippen molar-refractivity contribution in [3.63, 3.8) is 0 Å². The van der Waals surface area contributed by atoms with Gasteiger partial charge in [0.25, 0.3) is 0 Å². The van der Waals surface area contributed by atoms with Crippen molar-refractivity contribution in [3.05, 3.63) is 78.6 Å². The van der Waals surface area contributed by atoms with Gasteiger partial charge >= 0.3 is 0 Å². The average molecular weight is 266 g/mol. The summed E-state index contributed by atoms with van der Waals surface area (Å²) in [5, 5.41) is 0. The first-order valence-electron chi connectivity index (χ1n) is 6.62. The van der Waals surface area contributed by atoms with E-state index < -0.39 is 0 Å². The molecule has 0 unspecified atom stereocenters. The Bertz CT molecular complexity index is 672. The van der Waals surface area contributed by atoms with Gasteiger partial charge in [-0.3, -0.25) is 0 Å². The molecule has 0 aliphatic rings. The van der Waals surface area contributed by atoms with Gasteiger partial charge in [0.1, 0.15) is 5.82 Å². The lowest BCUT2D eigenvalue weighted by Gasteiger charge is -2.10. The molecule has 0 spiro atoms. The summed E-state index contributed by atoms with van der Waals surface area (Å²) in [5.41, 5.74) is 3.47. The van der Waals surface area contributed by atoms with E-state index in [0.717, 1.165) is 24.1 Å². The van der Waals surface area contributed by atoms with Gasteiger partial charge in [0.15, 0.2) is 0 Å². The van der Waals surface area contributed by atoms with Crippen LogP contribution in [-0.2, 0) is 13.0 Å². The van der Waals surface area contributed by atoms with Gasteiger partial charge in [-0.15, -0.1) is 0 Å². The Morgan fingerprint density at radius 1 is 1.00 bits per heavy atom. The van der Waals surface area contributed by atoms with Crippen LogP contribution in [0.1, 0.15) is 5.56 Å². The van der Waals surface area contributed by atoms with Crippen molar-refractivity contribution in [2.24, 2.45) is 0 Å². The van der Waals surface area contributed by atoms with Gasteiger partial charge in [0.2, 0.25) is 0 Å². The third-order valence-corrected chi connectivity index (χ3v) is 3.37. The molecule has 0 fully saturated rings. The van der Waals surface area contributed by atoms with E-state index in [1.54, 1.807) is 6.20 Å². The first-order chi connectivity index (χ1) is 9.83. The molecule has 0 amide bonds. The lowest BCUT2D eigenvalue weighted by Crippen LogP contribution is -2.00. The molecule has 2 aromatic carbocycles. The molecule has 2 nitrogen and oxygen atoms in total. The van der Waals surface area contributed by atoms with Gasteiger partial charge < -0.3 is 4.57 Å². The summed E-state index contributed by atoms with van der Waals surface area (Å²) in [6, 6.07) is 14.9. The van der Waals surface area contributed by atoms with E-state index in [0.29, 0.717) is 0 Å². The number of aryl methyl sites for hydroxylation is 2. The maximum Gasteiger partial charge on any atom is 0.123 e. The molecule has 0 atom stereocenters. The first kappa shape index (κ1) is 12.6. The molecule has 3 heteroatoms. The molecule has 3 rings (SSSR count). The van der Waals surface area contributed by atoms with E-state index >= 15 is 0 Å². The summed E-state index contributed by atoms with van der Waals surface area (Å²) in [4.78, 5) is 4.05. The van der Waals surface area contributed by atoms with Gasteiger partial charge in [0, 0.05) is 18.9 Å². The summed E-state index contributed by atoms with van der Waals surface area (Å²) in [6.07, 6.45) is 6.48. The minimum Gasteiger partial charge on any atom is -0.337 e. The number of benzene rings is 2. The number of rotatable bonds is 4. The minimum absolute atomic E-state index is 0.204. The Morgan fingerprint density at radius 3 is 2.55 bits per heavy atom. The smallest absolute Gasteiger partial charge is 0.123 e. The summed E-state index contributed by atoms with van der Waals surface area (Å²) >= 11 is 0. The van der Waals surface area contributed by atoms with Crippen LogP contribution in [-0.4, -0.2) is 9.55 Å². The lowest BCUT2D eigenvalue weighted by molar-refractivity contribution is 0.628. The number of imidazole rings is 1. The first-order valence-corrected chi connectivity index (χ1v) is 6.62. The van der Waals surface area contributed by atoms with Crippen LogP contribution in [0.3, 0.4) is 0 Å². The normalized spacial score (nSPS) is 10.7. The highest BCUT2D eigenvalue weighted by atomic mass is 19.1. The number of nitrogens with zero attached hydrogens (tertiary/aromatic N) is 2. The zero-order valence-electron chi connectivity index (χ0n) is 11.0. The molecule has 0 saturated heterocycles. The highest BCUT2D eigenvalue weighted by Crippen LogP contribution is 2.24. The highest BCUT2D eigenvalue weighted by molar-refractivity contribution is 5.67. The predicted molar refractivity (Wildman–Crippen MR) is 77.8 cm³/mol. The van der Waals surface area contributed by atoms with E-state index in [1.165, 1.54) is 17.7 Å². The number of hydrogen-bond acceptors (Lipinski definition) is 1. The summed E-state index contributed by atoms with van der Waals surface area (Å²) < 4.78 is 15.1. The standard InChI is InChI=1S/C17H15FN2/c18-16-7-5-15(6-8-16)17-4-2-1-3-14(17)9-11-20-12-10-19-13-20/h1-8,10,12-13H,9,11H2. The fraction of sp³-hybridized carbons (Fsp3) is 0.118. The molecule has 0 N–H and O–H groups in total. The van der Waals surface area contributed by atoms with Crippen molar-refractivity contribution in [2.75, 3.05) is 0 Å². The average Bonchev–Trinajstić information content (AvgIpc) is 3.00. The summed E-state index contributed by atoms with van der Waals surface area (Å²) in [6.45, 7) is 0.887. The third-order valence-electron chi connectivity index (χ3n) is 3.37. The SMILES string of the molecule is Fc1ccc(-c2ccccc2CCn2ccnc2)cc1. The third kappa shape index (κ3) is 2.77. The van der Waals surface area contributed by atoms with Crippen LogP contribution in [0.25, 0.3) is 11.1 Å². The second-order valence-corrected chi connectivity index (χ2v) is 4.71. The fourth-order valence-corrected chi connectivity index (χ4v) is 2.32. The van der Waals surface area contributed by atoms with Crippen molar-refractivity contribution in [2.45, 2.75) is 13.0 Å². The molecule has 0 bridgehead atoms. The number of halogens is 1. The topological polar surface area (TPSA) is 17.8 Å². The summed E-state index contributed by atoms with van der Waals surface area (Å²) in [5.74, 6) is -0.204. The Morgan fingerprint density at radius 2 is 1.80 bits per heavy atom. The van der Waals surface area contributed by atoms with Crippen molar-refractivity contribution >= 4 is 0 Å². The number of aromatic nitrogens is 2. The quantitative estimate of drug-likeness (QED) is 0.699. The Kier molecular flexibility index (Phi) is 3.59. The van der Waals surface area contributed by atoms with Crippen LogP contribution in [0.4, 0.5) is 4.39 Å². The van der Waals surface area contributed by atoms with Crippen molar-refractivity contribution in [3.8, 4) is 11.1 Å². The molecule has 0 radical (unpaired) electrons. The molecule has 1 aromatic heterocycles. The van der Waals surface area contributed by atoms with E-state index in [2.05, 4.69) is 21.7 Å². The highest BCUT2D eigenvalue weighted by Gasteiger charge is 2.05. The second kappa shape index (κ2) is 5.70. The Hall–Kier alpha value is -2.42. The molecule has 1 heterocycles. The van der Waals surface area contributed by atoms with Gasteiger partial charge in [-0.2, -0.15) is 0 Å². The van der Waals surface area contributed by atoms with Crippen LogP contribution >= 0.6 is 0 Å².